The van der Waals surface area contributed by atoms with Crippen molar-refractivity contribution >= 4 is 11.4 Å². The second kappa shape index (κ2) is 11.4. The molecule has 0 aliphatic rings. The molecule has 0 saturated carbocycles. The largest absolute Gasteiger partial charge is 0.504 e. The molecule has 0 heterocycles. The molecular weight excluding hydrogens is 438 g/mol. The molecule has 3 aromatic carbocycles. The summed E-state index contributed by atoms with van der Waals surface area (Å²) in [6.45, 7) is 2.11. The molecule has 34 heavy (non-hydrogen) atoms. The molecule has 0 amide bonds. The highest BCUT2D eigenvalue weighted by Crippen LogP contribution is 2.43. The van der Waals surface area contributed by atoms with Crippen LogP contribution in [-0.2, 0) is 0 Å². The first kappa shape index (κ1) is 24.8. The van der Waals surface area contributed by atoms with E-state index in [4.69, 9.17) is 5.73 Å². The maximum atomic E-state index is 10.2. The van der Waals surface area contributed by atoms with Crippen molar-refractivity contribution < 1.29 is 30.6 Å². The maximum absolute atomic E-state index is 10.2. The first-order valence-corrected chi connectivity index (χ1v) is 11.1. The molecule has 1 unspecified atom stereocenters. The summed E-state index contributed by atoms with van der Waals surface area (Å²) in [5, 5.41) is 63.3. The lowest BCUT2D eigenvalue weighted by atomic mass is 9.97. The summed E-state index contributed by atoms with van der Waals surface area (Å²) in [6, 6.07) is 12.9. The van der Waals surface area contributed by atoms with Crippen molar-refractivity contribution in [3.8, 4) is 34.5 Å². The van der Waals surface area contributed by atoms with E-state index >= 15 is 0 Å². The van der Waals surface area contributed by atoms with Crippen molar-refractivity contribution in [3.05, 3.63) is 60.2 Å². The van der Waals surface area contributed by atoms with Crippen LogP contribution in [0.5, 0.6) is 34.5 Å². The first-order chi connectivity index (χ1) is 16.3. The fourth-order valence-electron chi connectivity index (χ4n) is 3.80. The monoisotopic (exact) mass is 469 g/mol. The zero-order valence-corrected chi connectivity index (χ0v) is 18.7. The van der Waals surface area contributed by atoms with E-state index in [1.165, 1.54) is 36.4 Å². The van der Waals surface area contributed by atoms with Crippen LogP contribution < -0.4 is 16.0 Å². The van der Waals surface area contributed by atoms with Crippen LogP contribution in [0.2, 0.25) is 0 Å². The van der Waals surface area contributed by atoms with Gasteiger partial charge in [-0.2, -0.15) is 0 Å². The van der Waals surface area contributed by atoms with Crippen LogP contribution in [0.4, 0.5) is 11.4 Å². The van der Waals surface area contributed by atoms with E-state index in [0.717, 1.165) is 25.9 Å². The molecule has 0 spiro atoms. The van der Waals surface area contributed by atoms with E-state index in [1.807, 2.05) is 4.90 Å². The van der Waals surface area contributed by atoms with Gasteiger partial charge in [-0.25, -0.2) is 0 Å². The fraction of sp³-hybridized carbons (Fsp3) is 0.280. The summed E-state index contributed by atoms with van der Waals surface area (Å²) in [5.74, 6) is -1.71. The van der Waals surface area contributed by atoms with Gasteiger partial charge in [0.15, 0.2) is 34.5 Å². The Labute approximate surface area is 198 Å². The molecule has 3 aromatic rings. The van der Waals surface area contributed by atoms with Crippen LogP contribution in [0.3, 0.4) is 0 Å². The molecule has 0 aromatic heterocycles. The Morgan fingerprint density at radius 3 is 1.65 bits per heavy atom. The molecule has 0 aliphatic heterocycles. The zero-order chi connectivity index (χ0) is 24.7. The fourth-order valence-corrected chi connectivity index (χ4v) is 3.80. The Balaban J connectivity index is 2.06. The van der Waals surface area contributed by atoms with E-state index in [9.17, 15) is 30.6 Å². The molecule has 3 rings (SSSR count). The predicted molar refractivity (Wildman–Crippen MR) is 130 cm³/mol. The summed E-state index contributed by atoms with van der Waals surface area (Å²) >= 11 is 0. The van der Waals surface area contributed by atoms with Gasteiger partial charge in [-0.05, 0) is 80.9 Å². The molecule has 9 nitrogen and oxygen atoms in total. The summed E-state index contributed by atoms with van der Waals surface area (Å²) in [7, 11) is 0. The lowest BCUT2D eigenvalue weighted by Crippen LogP contribution is -2.26. The van der Waals surface area contributed by atoms with Crippen molar-refractivity contribution in [1.29, 1.82) is 0 Å². The number of hydrogen-bond acceptors (Lipinski definition) is 9. The van der Waals surface area contributed by atoms with Gasteiger partial charge in [0.05, 0.1) is 6.04 Å². The summed E-state index contributed by atoms with van der Waals surface area (Å²) in [4.78, 5) is 1.82. The number of benzene rings is 3. The van der Waals surface area contributed by atoms with Gasteiger partial charge in [0, 0.05) is 23.5 Å². The number of nitrogens with zero attached hydrogens (tertiary/aromatic N) is 1. The van der Waals surface area contributed by atoms with Crippen LogP contribution >= 0.6 is 0 Å². The van der Waals surface area contributed by atoms with Crippen LogP contribution in [0.1, 0.15) is 30.9 Å². The highest BCUT2D eigenvalue weighted by Gasteiger charge is 2.25. The Morgan fingerprint density at radius 2 is 1.15 bits per heavy atom. The molecule has 0 saturated heterocycles. The second-order valence-corrected chi connectivity index (χ2v) is 8.01. The molecule has 182 valence electrons. The predicted octanol–water partition coefficient (Wildman–Crippen LogP) is 3.52. The number of nitrogens with one attached hydrogen (secondary N) is 1. The van der Waals surface area contributed by atoms with Crippen molar-refractivity contribution in [2.75, 3.05) is 24.5 Å². The number of anilines is 2. The molecular formula is C25H31N3O6. The number of phenolic OH excluding ortho intramolecular Hbond substituents is 6. The van der Waals surface area contributed by atoms with Gasteiger partial charge < -0.3 is 46.6 Å². The van der Waals surface area contributed by atoms with Gasteiger partial charge in [0.25, 0.3) is 0 Å². The number of rotatable bonds is 11. The van der Waals surface area contributed by atoms with E-state index in [1.54, 1.807) is 18.2 Å². The smallest absolute Gasteiger partial charge is 0.159 e. The number of hydrogen-bond donors (Lipinski definition) is 8. The van der Waals surface area contributed by atoms with Gasteiger partial charge in [-0.3, -0.25) is 0 Å². The maximum Gasteiger partial charge on any atom is 0.159 e. The van der Waals surface area contributed by atoms with Gasteiger partial charge in [0.2, 0.25) is 0 Å². The SMILES string of the molecule is NCCCNCCCC(c1ccc(O)c(O)c1)N(c1ccc(O)c(O)c1)c1ccc(O)c(O)c1. The van der Waals surface area contributed by atoms with E-state index in [0.29, 0.717) is 29.9 Å². The van der Waals surface area contributed by atoms with Crippen LogP contribution in [0, 0.1) is 0 Å². The minimum Gasteiger partial charge on any atom is -0.504 e. The Hall–Kier alpha value is -3.82. The van der Waals surface area contributed by atoms with Gasteiger partial charge in [0.1, 0.15) is 0 Å². The third kappa shape index (κ3) is 5.94. The first-order valence-electron chi connectivity index (χ1n) is 11.1. The van der Waals surface area contributed by atoms with Gasteiger partial charge in [-0.1, -0.05) is 6.07 Å². The normalized spacial score (nSPS) is 11.9. The Bertz CT molecular complexity index is 1060. The topological polar surface area (TPSA) is 163 Å². The third-order valence-electron chi connectivity index (χ3n) is 5.56. The lowest BCUT2D eigenvalue weighted by Gasteiger charge is -2.35. The minimum atomic E-state index is -0.407. The number of phenols is 6. The lowest BCUT2D eigenvalue weighted by molar-refractivity contribution is 0.401. The molecule has 0 fully saturated rings. The highest BCUT2D eigenvalue weighted by molar-refractivity contribution is 5.70. The molecule has 0 aliphatic carbocycles. The Morgan fingerprint density at radius 1 is 0.647 bits per heavy atom. The quantitative estimate of drug-likeness (QED) is 0.155. The van der Waals surface area contributed by atoms with Crippen molar-refractivity contribution in [2.45, 2.75) is 25.3 Å². The number of nitrogens with two attached hydrogens (primary N) is 1. The van der Waals surface area contributed by atoms with Crippen LogP contribution in [0.15, 0.2) is 54.6 Å². The van der Waals surface area contributed by atoms with E-state index in [2.05, 4.69) is 5.32 Å². The van der Waals surface area contributed by atoms with Crippen molar-refractivity contribution in [2.24, 2.45) is 5.73 Å². The number of aromatic hydroxyl groups is 6. The standard InChI is InChI=1S/C25H31N3O6/c26-10-2-12-27-11-1-3-19(16-4-7-20(29)23(32)13-16)28(17-5-8-21(30)24(33)14-17)18-6-9-22(31)25(34)15-18/h4-9,13-15,19,27,29-34H,1-3,10-12,26H2. The average Bonchev–Trinajstić information content (AvgIpc) is 2.81. The van der Waals surface area contributed by atoms with Crippen molar-refractivity contribution in [3.63, 3.8) is 0 Å². The Kier molecular flexibility index (Phi) is 8.29. The van der Waals surface area contributed by atoms with Crippen molar-refractivity contribution in [1.82, 2.24) is 5.32 Å². The molecule has 0 radical (unpaired) electrons. The molecule has 9 heteroatoms. The average molecular weight is 470 g/mol. The minimum absolute atomic E-state index is 0.248. The summed E-state index contributed by atoms with van der Waals surface area (Å²) in [5.41, 5.74) is 7.24. The molecule has 1 atom stereocenters. The molecule has 9 N–H and O–H groups in total. The van der Waals surface area contributed by atoms with Gasteiger partial charge >= 0.3 is 0 Å². The third-order valence-corrected chi connectivity index (χ3v) is 5.56. The van der Waals surface area contributed by atoms with E-state index in [-0.39, 0.29) is 34.5 Å². The van der Waals surface area contributed by atoms with Crippen LogP contribution in [0.25, 0.3) is 0 Å². The molecule has 0 bridgehead atoms. The summed E-state index contributed by atoms with van der Waals surface area (Å²) < 4.78 is 0. The summed E-state index contributed by atoms with van der Waals surface area (Å²) in [6.07, 6.45) is 2.19. The zero-order valence-electron chi connectivity index (χ0n) is 18.7. The second-order valence-electron chi connectivity index (χ2n) is 8.01. The van der Waals surface area contributed by atoms with Gasteiger partial charge in [-0.15, -0.1) is 0 Å². The van der Waals surface area contributed by atoms with E-state index < -0.39 is 6.04 Å². The van der Waals surface area contributed by atoms with Crippen LogP contribution in [-0.4, -0.2) is 50.3 Å². The highest BCUT2D eigenvalue weighted by atomic mass is 16.3.